The van der Waals surface area contributed by atoms with Crippen LogP contribution in [-0.2, 0) is 14.2 Å². The number of aliphatic hydroxyl groups is 1. The summed E-state index contributed by atoms with van der Waals surface area (Å²) in [5, 5.41) is 30.8. The van der Waals surface area contributed by atoms with Crippen molar-refractivity contribution >= 4 is 34.9 Å². The number of aliphatic hydroxyl groups excluding tert-OH is 1. The van der Waals surface area contributed by atoms with Crippen LogP contribution >= 0.6 is 11.6 Å². The highest BCUT2D eigenvalue weighted by Crippen LogP contribution is 2.29. The van der Waals surface area contributed by atoms with Crippen LogP contribution in [0.4, 0.5) is 15.8 Å². The summed E-state index contributed by atoms with van der Waals surface area (Å²) in [4.78, 5) is 44.6. The Morgan fingerprint density at radius 2 is 1.67 bits per heavy atom. The first-order chi connectivity index (χ1) is 15.6. The molecule has 1 aliphatic heterocycles. The van der Waals surface area contributed by atoms with Crippen molar-refractivity contribution < 1.29 is 43.1 Å². The van der Waals surface area contributed by atoms with Gasteiger partial charge in [0.1, 0.15) is 12.7 Å². The number of rotatable bonds is 7. The maximum absolute atomic E-state index is 14.4. The third kappa shape index (κ3) is 5.39. The van der Waals surface area contributed by atoms with Gasteiger partial charge >= 0.3 is 11.9 Å². The largest absolute Gasteiger partial charge is 0.459 e. The molecule has 174 valence electrons. The fourth-order valence-corrected chi connectivity index (χ4v) is 3.16. The molecule has 3 rings (SSSR count). The molecule has 1 saturated heterocycles. The highest BCUT2D eigenvalue weighted by Gasteiger charge is 2.48. The fraction of sp³-hybridized carbons (Fsp3) is 0.263. The lowest BCUT2D eigenvalue weighted by Gasteiger charge is -2.19. The van der Waals surface area contributed by atoms with E-state index >= 15 is 0 Å². The van der Waals surface area contributed by atoms with Gasteiger partial charge in [0.2, 0.25) is 0 Å². The molecule has 0 saturated carbocycles. The molecular formula is C19H14ClFN2O10. The summed E-state index contributed by atoms with van der Waals surface area (Å²) in [5.41, 5.74) is -0.957. The summed E-state index contributed by atoms with van der Waals surface area (Å²) in [6.07, 6.45) is -7.24. The number of nitro benzene ring substituents is 2. The molecule has 1 fully saturated rings. The van der Waals surface area contributed by atoms with Crippen LogP contribution in [0.25, 0.3) is 0 Å². The second-order valence-electron chi connectivity index (χ2n) is 6.70. The Balaban J connectivity index is 1.67. The lowest BCUT2D eigenvalue weighted by atomic mass is 10.1. The Morgan fingerprint density at radius 1 is 1.06 bits per heavy atom. The number of non-ortho nitro benzene ring substituents is 2. The zero-order valence-corrected chi connectivity index (χ0v) is 17.1. The smallest absolute Gasteiger partial charge is 0.340 e. The van der Waals surface area contributed by atoms with Gasteiger partial charge < -0.3 is 19.3 Å². The number of nitrogens with zero attached hydrogens (tertiary/aromatic N) is 2. The van der Waals surface area contributed by atoms with E-state index in [1.807, 2.05) is 0 Å². The van der Waals surface area contributed by atoms with Crippen molar-refractivity contribution in [2.24, 2.45) is 0 Å². The minimum atomic E-state index is -2.19. The summed E-state index contributed by atoms with van der Waals surface area (Å²) in [7, 11) is 0. The average molecular weight is 485 g/mol. The first-order valence-corrected chi connectivity index (χ1v) is 9.50. The minimum absolute atomic E-state index is 0.0397. The molecule has 33 heavy (non-hydrogen) atoms. The van der Waals surface area contributed by atoms with Gasteiger partial charge in [-0.2, -0.15) is 0 Å². The molecule has 4 atom stereocenters. The summed E-state index contributed by atoms with van der Waals surface area (Å²) in [6.45, 7) is -0.626. The second-order valence-corrected chi connectivity index (χ2v) is 7.11. The van der Waals surface area contributed by atoms with E-state index < -0.39 is 53.1 Å². The van der Waals surface area contributed by atoms with Gasteiger partial charge in [-0.3, -0.25) is 20.2 Å². The Kier molecular flexibility index (Phi) is 7.16. The molecule has 12 nitrogen and oxygen atoms in total. The van der Waals surface area contributed by atoms with Gasteiger partial charge in [0.15, 0.2) is 18.6 Å². The molecule has 1 N–H and O–H groups in total. The van der Waals surface area contributed by atoms with Crippen molar-refractivity contribution in [1.82, 2.24) is 0 Å². The zero-order chi connectivity index (χ0) is 24.3. The number of halogens is 2. The Morgan fingerprint density at radius 3 is 2.24 bits per heavy atom. The molecule has 0 bridgehead atoms. The highest BCUT2D eigenvalue weighted by molar-refractivity contribution is 6.33. The number of ether oxygens (including phenoxy) is 3. The van der Waals surface area contributed by atoms with Gasteiger partial charge in [-0.15, -0.1) is 0 Å². The SMILES string of the molecule is O=C(OC[C@H]1OC(O)[C@@H](F)[C@@H]1OC(=O)c1ccc([N+](=O)[O-])cc1Cl)c1ccc([N+](=O)[O-])cc1. The summed E-state index contributed by atoms with van der Waals surface area (Å²) in [5.74, 6) is -2.07. The van der Waals surface area contributed by atoms with Crippen LogP contribution in [0.15, 0.2) is 42.5 Å². The van der Waals surface area contributed by atoms with Gasteiger partial charge in [0.25, 0.3) is 11.4 Å². The van der Waals surface area contributed by atoms with Crippen LogP contribution in [0.5, 0.6) is 0 Å². The number of alkyl halides is 1. The van der Waals surface area contributed by atoms with E-state index in [0.29, 0.717) is 0 Å². The molecule has 0 spiro atoms. The maximum Gasteiger partial charge on any atom is 0.340 e. The Bertz CT molecular complexity index is 1100. The number of hydrogen-bond acceptors (Lipinski definition) is 10. The van der Waals surface area contributed by atoms with Gasteiger partial charge in [-0.05, 0) is 18.2 Å². The van der Waals surface area contributed by atoms with E-state index in [1.54, 1.807) is 0 Å². The average Bonchev–Trinajstić information content (AvgIpc) is 3.04. The number of nitro groups is 2. The number of benzene rings is 2. The van der Waals surface area contributed by atoms with Gasteiger partial charge in [-0.1, -0.05) is 11.6 Å². The molecule has 0 aromatic heterocycles. The molecule has 1 unspecified atom stereocenters. The van der Waals surface area contributed by atoms with E-state index in [0.717, 1.165) is 42.5 Å². The second kappa shape index (κ2) is 9.85. The first-order valence-electron chi connectivity index (χ1n) is 9.12. The Hall–Kier alpha value is -3.68. The lowest BCUT2D eigenvalue weighted by molar-refractivity contribution is -0.385. The third-order valence-corrected chi connectivity index (χ3v) is 4.90. The van der Waals surface area contributed by atoms with Gasteiger partial charge in [0.05, 0.1) is 26.0 Å². The van der Waals surface area contributed by atoms with Crippen LogP contribution in [0, 0.1) is 20.2 Å². The van der Waals surface area contributed by atoms with E-state index in [1.165, 1.54) is 0 Å². The normalized spacial score (nSPS) is 21.9. The van der Waals surface area contributed by atoms with Gasteiger partial charge in [-0.25, -0.2) is 14.0 Å². The number of hydrogen-bond donors (Lipinski definition) is 1. The fourth-order valence-electron chi connectivity index (χ4n) is 2.90. The van der Waals surface area contributed by atoms with E-state index in [-0.39, 0.29) is 27.5 Å². The van der Waals surface area contributed by atoms with Crippen LogP contribution in [0.3, 0.4) is 0 Å². The lowest BCUT2D eigenvalue weighted by Crippen LogP contribution is -2.37. The van der Waals surface area contributed by atoms with Crippen molar-refractivity contribution in [3.8, 4) is 0 Å². The summed E-state index contributed by atoms with van der Waals surface area (Å²) < 4.78 is 29.3. The molecular weight excluding hydrogens is 471 g/mol. The molecule has 1 heterocycles. The van der Waals surface area contributed by atoms with Crippen LogP contribution in [-0.4, -0.2) is 58.2 Å². The first kappa shape index (κ1) is 24.0. The highest BCUT2D eigenvalue weighted by atomic mass is 35.5. The zero-order valence-electron chi connectivity index (χ0n) is 16.3. The quantitative estimate of drug-likeness (QED) is 0.350. The van der Waals surface area contributed by atoms with Crippen molar-refractivity contribution in [1.29, 1.82) is 0 Å². The Labute approximate surface area is 188 Å². The van der Waals surface area contributed by atoms with E-state index in [2.05, 4.69) is 0 Å². The summed E-state index contributed by atoms with van der Waals surface area (Å²) >= 11 is 5.87. The van der Waals surface area contributed by atoms with Crippen molar-refractivity contribution in [3.05, 3.63) is 78.8 Å². The molecule has 14 heteroatoms. The van der Waals surface area contributed by atoms with Crippen LogP contribution in [0.1, 0.15) is 20.7 Å². The van der Waals surface area contributed by atoms with E-state index in [4.69, 9.17) is 25.8 Å². The van der Waals surface area contributed by atoms with Crippen molar-refractivity contribution in [3.63, 3.8) is 0 Å². The molecule has 2 aromatic rings. The number of esters is 2. The molecule has 0 radical (unpaired) electrons. The predicted octanol–water partition coefficient (Wildman–Crippen LogP) is 2.59. The summed E-state index contributed by atoms with van der Waals surface area (Å²) in [6, 6.07) is 7.40. The molecule has 1 aliphatic rings. The topological polar surface area (TPSA) is 168 Å². The molecule has 0 amide bonds. The maximum atomic E-state index is 14.4. The van der Waals surface area contributed by atoms with Crippen molar-refractivity contribution in [2.45, 2.75) is 24.7 Å². The van der Waals surface area contributed by atoms with Gasteiger partial charge in [0, 0.05) is 24.3 Å². The predicted molar refractivity (Wildman–Crippen MR) is 106 cm³/mol. The number of carbonyl (C=O) groups is 2. The van der Waals surface area contributed by atoms with Crippen LogP contribution < -0.4 is 0 Å². The van der Waals surface area contributed by atoms with E-state index in [9.17, 15) is 39.3 Å². The third-order valence-electron chi connectivity index (χ3n) is 4.59. The monoisotopic (exact) mass is 484 g/mol. The number of carbonyl (C=O) groups excluding carboxylic acids is 2. The van der Waals surface area contributed by atoms with Crippen LogP contribution in [0.2, 0.25) is 5.02 Å². The standard InChI is InChI=1S/C19H14ClFN2O10/c20-13-7-11(23(29)30)5-6-12(13)18(25)33-16-14(32-19(26)15(16)21)8-31-17(24)9-1-3-10(4-2-9)22(27)28/h1-7,14-16,19,26H,8H2/t14-,15+,16-,19?/m1/s1. The molecule has 2 aromatic carbocycles. The minimum Gasteiger partial charge on any atom is -0.459 e. The van der Waals surface area contributed by atoms with Crippen molar-refractivity contribution in [2.75, 3.05) is 6.61 Å². The molecule has 0 aliphatic carbocycles.